The number of ether oxygens (including phenoxy) is 1. The lowest BCUT2D eigenvalue weighted by Gasteiger charge is -2.21. The van der Waals surface area contributed by atoms with E-state index in [1.165, 1.54) is 22.3 Å². The van der Waals surface area contributed by atoms with E-state index in [1.54, 1.807) is 20.8 Å². The fraction of sp³-hybridized carbons (Fsp3) is 0.464. The number of amides is 2. The van der Waals surface area contributed by atoms with Crippen LogP contribution in [-0.4, -0.2) is 41.8 Å². The number of hydrogen-bond donors (Lipinski definition) is 3. The van der Waals surface area contributed by atoms with Crippen LogP contribution in [0.5, 0.6) is 0 Å². The molecule has 3 atom stereocenters. The van der Waals surface area contributed by atoms with Crippen LogP contribution in [0, 0.1) is 11.8 Å². The summed E-state index contributed by atoms with van der Waals surface area (Å²) < 4.78 is 5.59. The smallest absolute Gasteiger partial charge is 0.407 e. The van der Waals surface area contributed by atoms with Crippen molar-refractivity contribution < 1.29 is 24.2 Å². The second-order valence-corrected chi connectivity index (χ2v) is 9.77. The van der Waals surface area contributed by atoms with Gasteiger partial charge in [0, 0.05) is 17.9 Å². The molecule has 188 valence electrons. The third kappa shape index (κ3) is 6.62. The molecule has 0 aliphatic heterocycles. The summed E-state index contributed by atoms with van der Waals surface area (Å²) in [4.78, 5) is 36.1. The van der Waals surface area contributed by atoms with Gasteiger partial charge in [0.25, 0.3) is 0 Å². The van der Waals surface area contributed by atoms with Crippen LogP contribution in [0.15, 0.2) is 48.5 Å². The number of alkyl carbamates (subject to hydrolysis) is 1. The molecule has 1 aliphatic carbocycles. The molecule has 35 heavy (non-hydrogen) atoms. The first-order valence-electron chi connectivity index (χ1n) is 12.3. The molecule has 0 saturated heterocycles. The standard InChI is InChI=1S/C28H36N2O5/c1-17(2)25(27(32)33)30-26(31)18(3)10-9-11-19(4)29-28(34)35-16-24-22-14-7-5-12-20(22)21-13-6-8-15-23(21)24/h5-8,12-15,17-19,24-25H,9-11,16H2,1-4H3,(H,29,34)(H,30,31)(H,32,33)/t18?,19?,25-/m1/s1. The molecule has 2 unspecified atom stereocenters. The summed E-state index contributed by atoms with van der Waals surface area (Å²) >= 11 is 0. The van der Waals surface area contributed by atoms with Crippen molar-refractivity contribution in [3.05, 3.63) is 59.7 Å². The predicted molar refractivity (Wildman–Crippen MR) is 135 cm³/mol. The molecular weight excluding hydrogens is 444 g/mol. The van der Waals surface area contributed by atoms with Crippen LogP contribution >= 0.6 is 0 Å². The number of rotatable bonds is 11. The number of carbonyl (C=O) groups is 3. The Bertz CT molecular complexity index is 1010. The van der Waals surface area contributed by atoms with Crippen molar-refractivity contribution >= 4 is 18.0 Å². The largest absolute Gasteiger partial charge is 0.480 e. The van der Waals surface area contributed by atoms with Crippen molar-refractivity contribution in [3.8, 4) is 11.1 Å². The molecule has 0 heterocycles. The van der Waals surface area contributed by atoms with Crippen LogP contribution in [0.4, 0.5) is 4.79 Å². The molecule has 0 radical (unpaired) electrons. The summed E-state index contributed by atoms with van der Waals surface area (Å²) in [5.74, 6) is -1.77. The Hall–Kier alpha value is -3.35. The van der Waals surface area contributed by atoms with Crippen molar-refractivity contribution in [2.75, 3.05) is 6.61 Å². The zero-order chi connectivity index (χ0) is 25.5. The maximum absolute atomic E-state index is 12.4. The van der Waals surface area contributed by atoms with Gasteiger partial charge in [0.05, 0.1) is 0 Å². The molecule has 3 N–H and O–H groups in total. The van der Waals surface area contributed by atoms with Gasteiger partial charge in [0.2, 0.25) is 5.91 Å². The molecule has 3 rings (SSSR count). The van der Waals surface area contributed by atoms with E-state index < -0.39 is 18.1 Å². The first-order valence-corrected chi connectivity index (χ1v) is 12.3. The first-order chi connectivity index (χ1) is 16.7. The minimum absolute atomic E-state index is 0.0169. The van der Waals surface area contributed by atoms with Gasteiger partial charge in [-0.05, 0) is 47.9 Å². The minimum atomic E-state index is -1.03. The van der Waals surface area contributed by atoms with Gasteiger partial charge >= 0.3 is 12.1 Å². The van der Waals surface area contributed by atoms with Crippen LogP contribution in [-0.2, 0) is 14.3 Å². The zero-order valence-electron chi connectivity index (χ0n) is 20.9. The fourth-order valence-corrected chi connectivity index (χ4v) is 4.58. The summed E-state index contributed by atoms with van der Waals surface area (Å²) in [7, 11) is 0. The molecule has 0 bridgehead atoms. The fourth-order valence-electron chi connectivity index (χ4n) is 4.58. The molecule has 2 amide bonds. The Balaban J connectivity index is 1.42. The quantitative estimate of drug-likeness (QED) is 0.422. The Morgan fingerprint density at radius 3 is 2.00 bits per heavy atom. The van der Waals surface area contributed by atoms with Gasteiger partial charge < -0.3 is 20.5 Å². The highest BCUT2D eigenvalue weighted by molar-refractivity contribution is 5.85. The van der Waals surface area contributed by atoms with Crippen molar-refractivity contribution in [1.82, 2.24) is 10.6 Å². The van der Waals surface area contributed by atoms with Crippen LogP contribution in [0.1, 0.15) is 64.0 Å². The summed E-state index contributed by atoms with van der Waals surface area (Å²) in [6.07, 6.45) is 1.56. The van der Waals surface area contributed by atoms with E-state index in [0.29, 0.717) is 12.8 Å². The van der Waals surface area contributed by atoms with Gasteiger partial charge in [-0.1, -0.05) is 75.7 Å². The molecule has 0 fully saturated rings. The van der Waals surface area contributed by atoms with Crippen LogP contribution in [0.25, 0.3) is 11.1 Å². The van der Waals surface area contributed by atoms with E-state index in [0.717, 1.165) is 6.42 Å². The normalized spacial score (nSPS) is 15.0. The summed E-state index contributed by atoms with van der Waals surface area (Å²) in [6, 6.07) is 15.4. The molecule has 0 aromatic heterocycles. The maximum atomic E-state index is 12.4. The molecule has 7 nitrogen and oxygen atoms in total. The molecular formula is C28H36N2O5. The number of carboxylic acids is 1. The third-order valence-electron chi connectivity index (χ3n) is 6.66. The van der Waals surface area contributed by atoms with Gasteiger partial charge in [-0.3, -0.25) is 4.79 Å². The van der Waals surface area contributed by atoms with Crippen molar-refractivity contribution in [2.24, 2.45) is 11.8 Å². The first kappa shape index (κ1) is 26.3. The van der Waals surface area contributed by atoms with E-state index in [-0.39, 0.29) is 36.3 Å². The van der Waals surface area contributed by atoms with Crippen LogP contribution in [0.2, 0.25) is 0 Å². The van der Waals surface area contributed by atoms with E-state index in [1.807, 2.05) is 31.2 Å². The Morgan fingerprint density at radius 2 is 1.46 bits per heavy atom. The van der Waals surface area contributed by atoms with Gasteiger partial charge in [-0.25, -0.2) is 9.59 Å². The predicted octanol–water partition coefficient (Wildman–Crippen LogP) is 4.95. The summed E-state index contributed by atoms with van der Waals surface area (Å²) in [5, 5.41) is 14.7. The Kier molecular flexibility index (Phi) is 8.90. The molecule has 2 aromatic rings. The third-order valence-corrected chi connectivity index (χ3v) is 6.66. The molecule has 2 aromatic carbocycles. The number of benzene rings is 2. The molecule has 1 aliphatic rings. The van der Waals surface area contributed by atoms with E-state index in [4.69, 9.17) is 4.74 Å². The minimum Gasteiger partial charge on any atom is -0.480 e. The Labute approximate surface area is 207 Å². The van der Waals surface area contributed by atoms with Crippen molar-refractivity contribution in [1.29, 1.82) is 0 Å². The average Bonchev–Trinajstić information content (AvgIpc) is 3.14. The van der Waals surface area contributed by atoms with E-state index in [2.05, 4.69) is 34.9 Å². The monoisotopic (exact) mass is 480 g/mol. The lowest BCUT2D eigenvalue weighted by molar-refractivity contribution is -0.143. The lowest BCUT2D eigenvalue weighted by Crippen LogP contribution is -2.46. The second-order valence-electron chi connectivity index (χ2n) is 9.77. The number of fused-ring (bicyclic) bond motifs is 3. The SMILES string of the molecule is CC(CCCC(C)C(=O)N[C@@H](C(=O)O)C(C)C)NC(=O)OCC1c2ccccc2-c2ccccc21. The highest BCUT2D eigenvalue weighted by Gasteiger charge is 2.29. The van der Waals surface area contributed by atoms with Crippen molar-refractivity contribution in [3.63, 3.8) is 0 Å². The lowest BCUT2D eigenvalue weighted by atomic mass is 9.98. The number of aliphatic carboxylic acids is 1. The highest BCUT2D eigenvalue weighted by Crippen LogP contribution is 2.44. The summed E-state index contributed by atoms with van der Waals surface area (Å²) in [6.45, 7) is 7.49. The van der Waals surface area contributed by atoms with Crippen molar-refractivity contribution in [2.45, 2.75) is 65.0 Å². The molecule has 7 heteroatoms. The van der Waals surface area contributed by atoms with Crippen LogP contribution < -0.4 is 10.6 Å². The Morgan fingerprint density at radius 1 is 0.886 bits per heavy atom. The molecule has 0 saturated carbocycles. The second kappa shape index (κ2) is 11.9. The number of carboxylic acid groups (broad SMARTS) is 1. The zero-order valence-corrected chi connectivity index (χ0v) is 20.9. The topological polar surface area (TPSA) is 105 Å². The van der Waals surface area contributed by atoms with Gasteiger partial charge in [-0.15, -0.1) is 0 Å². The molecule has 0 spiro atoms. The van der Waals surface area contributed by atoms with Gasteiger partial charge in [-0.2, -0.15) is 0 Å². The van der Waals surface area contributed by atoms with Crippen LogP contribution in [0.3, 0.4) is 0 Å². The number of hydrogen-bond acceptors (Lipinski definition) is 4. The highest BCUT2D eigenvalue weighted by atomic mass is 16.5. The van der Waals surface area contributed by atoms with E-state index in [9.17, 15) is 19.5 Å². The van der Waals surface area contributed by atoms with E-state index >= 15 is 0 Å². The number of carbonyl (C=O) groups excluding carboxylic acids is 2. The maximum Gasteiger partial charge on any atom is 0.407 e. The average molecular weight is 481 g/mol. The van der Waals surface area contributed by atoms with Gasteiger partial charge in [0.15, 0.2) is 0 Å². The van der Waals surface area contributed by atoms with Gasteiger partial charge in [0.1, 0.15) is 12.6 Å². The number of nitrogens with one attached hydrogen (secondary N) is 2. The summed E-state index contributed by atoms with van der Waals surface area (Å²) in [5.41, 5.74) is 4.72.